The lowest BCUT2D eigenvalue weighted by atomic mass is 10.1. The molecule has 1 heterocycles. The number of phenolic OH excluding ortho intramolecular Hbond substituents is 1. The molecule has 5 heteroatoms. The lowest BCUT2D eigenvalue weighted by molar-refractivity contribution is 0.474. The van der Waals surface area contributed by atoms with Crippen LogP contribution in [0.5, 0.6) is 5.75 Å². The Morgan fingerprint density at radius 1 is 1.16 bits per heavy atom. The number of imidazole rings is 1. The highest BCUT2D eigenvalue weighted by Crippen LogP contribution is 2.19. The maximum absolute atomic E-state index is 13.1. The molecular formula is C20H20FN3O. The Labute approximate surface area is 146 Å². The highest BCUT2D eigenvalue weighted by atomic mass is 19.1. The lowest BCUT2D eigenvalue weighted by Gasteiger charge is -2.11. The molecule has 0 atom stereocenters. The van der Waals surface area contributed by atoms with Gasteiger partial charge in [0, 0.05) is 30.8 Å². The first-order valence-electron chi connectivity index (χ1n) is 8.00. The molecule has 25 heavy (non-hydrogen) atoms. The molecule has 0 spiro atoms. The molecular weight excluding hydrogens is 317 g/mol. The summed E-state index contributed by atoms with van der Waals surface area (Å²) >= 11 is 0. The van der Waals surface area contributed by atoms with E-state index >= 15 is 0 Å². The molecule has 0 aliphatic rings. The van der Waals surface area contributed by atoms with E-state index in [-0.39, 0.29) is 11.6 Å². The number of nitrogens with zero attached hydrogens (tertiary/aromatic N) is 2. The summed E-state index contributed by atoms with van der Waals surface area (Å²) in [6.07, 6.45) is 2.87. The number of phenols is 1. The summed E-state index contributed by atoms with van der Waals surface area (Å²) in [7, 11) is 0. The molecule has 1 aromatic heterocycles. The Balaban J connectivity index is 1.89. The molecule has 3 aromatic rings. The summed E-state index contributed by atoms with van der Waals surface area (Å²) in [6.45, 7) is 4.38. The predicted molar refractivity (Wildman–Crippen MR) is 95.7 cm³/mol. The van der Waals surface area contributed by atoms with Crippen molar-refractivity contribution in [2.75, 3.05) is 0 Å². The van der Waals surface area contributed by atoms with Crippen molar-refractivity contribution < 1.29 is 9.50 Å². The van der Waals surface area contributed by atoms with Crippen LogP contribution in [0, 0.1) is 5.82 Å². The minimum absolute atomic E-state index is 0.230. The van der Waals surface area contributed by atoms with Crippen molar-refractivity contribution in [3.05, 3.63) is 95.5 Å². The standard InChI is InChI=1S/C20H20FN3O/c1-14(22)9-20-19(11-15-5-7-17(21)8-6-15)23-13-24(20)12-16-3-2-4-18(25)10-16/h2-8,10,13,25H,1,9,11-12,22H2. The van der Waals surface area contributed by atoms with Crippen LogP contribution in [0.4, 0.5) is 4.39 Å². The van der Waals surface area contributed by atoms with Gasteiger partial charge in [0.25, 0.3) is 0 Å². The van der Waals surface area contributed by atoms with Crippen molar-refractivity contribution >= 4 is 0 Å². The molecule has 0 saturated carbocycles. The van der Waals surface area contributed by atoms with Crippen LogP contribution >= 0.6 is 0 Å². The van der Waals surface area contributed by atoms with Crippen molar-refractivity contribution in [1.82, 2.24) is 9.55 Å². The summed E-state index contributed by atoms with van der Waals surface area (Å²) in [4.78, 5) is 4.52. The number of hydrogen-bond acceptors (Lipinski definition) is 3. The fraction of sp³-hybridized carbons (Fsp3) is 0.150. The smallest absolute Gasteiger partial charge is 0.123 e. The quantitative estimate of drug-likeness (QED) is 0.725. The van der Waals surface area contributed by atoms with Crippen LogP contribution in [0.2, 0.25) is 0 Å². The zero-order valence-electron chi connectivity index (χ0n) is 13.8. The third-order valence-corrected chi connectivity index (χ3v) is 3.98. The van der Waals surface area contributed by atoms with Crippen molar-refractivity contribution in [2.45, 2.75) is 19.4 Å². The number of aromatic hydroxyl groups is 1. The number of rotatable bonds is 6. The van der Waals surface area contributed by atoms with E-state index in [9.17, 15) is 9.50 Å². The van der Waals surface area contributed by atoms with E-state index in [4.69, 9.17) is 5.73 Å². The maximum atomic E-state index is 13.1. The number of hydrogen-bond donors (Lipinski definition) is 2. The Morgan fingerprint density at radius 3 is 2.60 bits per heavy atom. The third kappa shape index (κ3) is 4.26. The Morgan fingerprint density at radius 2 is 1.92 bits per heavy atom. The van der Waals surface area contributed by atoms with E-state index in [1.807, 2.05) is 16.7 Å². The molecule has 0 amide bonds. The second-order valence-electron chi connectivity index (χ2n) is 6.07. The van der Waals surface area contributed by atoms with Gasteiger partial charge in [0.05, 0.1) is 12.0 Å². The molecule has 2 aromatic carbocycles. The van der Waals surface area contributed by atoms with Crippen LogP contribution < -0.4 is 5.73 Å². The zero-order chi connectivity index (χ0) is 17.8. The number of halogens is 1. The Hall–Kier alpha value is -3.08. The van der Waals surface area contributed by atoms with Crippen LogP contribution in [-0.2, 0) is 19.4 Å². The van der Waals surface area contributed by atoms with Crippen molar-refractivity contribution in [3.8, 4) is 5.75 Å². The van der Waals surface area contributed by atoms with Gasteiger partial charge in [-0.05, 0) is 35.4 Å². The van der Waals surface area contributed by atoms with E-state index in [0.717, 1.165) is 22.5 Å². The van der Waals surface area contributed by atoms with E-state index in [1.54, 1.807) is 30.6 Å². The summed E-state index contributed by atoms with van der Waals surface area (Å²) in [5.41, 5.74) is 10.2. The van der Waals surface area contributed by atoms with Crippen LogP contribution in [0.25, 0.3) is 0 Å². The first-order valence-corrected chi connectivity index (χ1v) is 8.00. The van der Waals surface area contributed by atoms with E-state index in [0.29, 0.717) is 25.1 Å². The van der Waals surface area contributed by atoms with Gasteiger partial charge < -0.3 is 15.4 Å². The van der Waals surface area contributed by atoms with Gasteiger partial charge in [-0.2, -0.15) is 0 Å². The molecule has 0 unspecified atom stereocenters. The molecule has 0 fully saturated rings. The van der Waals surface area contributed by atoms with Gasteiger partial charge in [-0.15, -0.1) is 0 Å². The maximum Gasteiger partial charge on any atom is 0.123 e. The molecule has 3 N–H and O–H groups in total. The average Bonchev–Trinajstić information content (AvgIpc) is 2.91. The predicted octanol–water partition coefficient (Wildman–Crippen LogP) is 3.38. The number of aromatic nitrogens is 2. The van der Waals surface area contributed by atoms with Crippen molar-refractivity contribution in [2.24, 2.45) is 5.73 Å². The van der Waals surface area contributed by atoms with Crippen LogP contribution in [-0.4, -0.2) is 14.7 Å². The fourth-order valence-corrected chi connectivity index (χ4v) is 2.80. The Kier molecular flexibility index (Phi) is 4.84. The molecule has 3 rings (SSSR count). The largest absolute Gasteiger partial charge is 0.508 e. The van der Waals surface area contributed by atoms with Gasteiger partial charge >= 0.3 is 0 Å². The van der Waals surface area contributed by atoms with Gasteiger partial charge in [-0.3, -0.25) is 0 Å². The summed E-state index contributed by atoms with van der Waals surface area (Å²) in [5, 5.41) is 9.64. The van der Waals surface area contributed by atoms with Crippen LogP contribution in [0.3, 0.4) is 0 Å². The van der Waals surface area contributed by atoms with Gasteiger partial charge in [-0.25, -0.2) is 9.37 Å². The van der Waals surface area contributed by atoms with Crippen molar-refractivity contribution in [3.63, 3.8) is 0 Å². The van der Waals surface area contributed by atoms with E-state index in [2.05, 4.69) is 11.6 Å². The number of nitrogens with two attached hydrogens (primary N) is 1. The molecule has 0 radical (unpaired) electrons. The molecule has 0 aliphatic carbocycles. The van der Waals surface area contributed by atoms with Gasteiger partial charge in [0.15, 0.2) is 0 Å². The third-order valence-electron chi connectivity index (χ3n) is 3.98. The SMILES string of the molecule is C=C(N)Cc1c(Cc2ccc(F)cc2)ncn1Cc1cccc(O)c1. The number of allylic oxidation sites excluding steroid dienone is 1. The first-order chi connectivity index (χ1) is 12.0. The van der Waals surface area contributed by atoms with E-state index < -0.39 is 0 Å². The highest BCUT2D eigenvalue weighted by Gasteiger charge is 2.13. The minimum atomic E-state index is -0.256. The molecule has 0 bridgehead atoms. The number of benzene rings is 2. The van der Waals surface area contributed by atoms with Gasteiger partial charge in [0.2, 0.25) is 0 Å². The fourth-order valence-electron chi connectivity index (χ4n) is 2.80. The average molecular weight is 337 g/mol. The van der Waals surface area contributed by atoms with Gasteiger partial charge in [-0.1, -0.05) is 30.8 Å². The van der Waals surface area contributed by atoms with E-state index in [1.165, 1.54) is 12.1 Å². The topological polar surface area (TPSA) is 64.1 Å². The summed E-state index contributed by atoms with van der Waals surface area (Å²) in [6, 6.07) is 13.5. The minimum Gasteiger partial charge on any atom is -0.508 e. The zero-order valence-corrected chi connectivity index (χ0v) is 13.8. The molecule has 0 saturated heterocycles. The summed E-state index contributed by atoms with van der Waals surface area (Å²) in [5.74, 6) is -0.0253. The lowest BCUT2D eigenvalue weighted by Crippen LogP contribution is -2.09. The second kappa shape index (κ2) is 7.21. The monoisotopic (exact) mass is 337 g/mol. The first kappa shape index (κ1) is 16.8. The van der Waals surface area contributed by atoms with Gasteiger partial charge in [0.1, 0.15) is 11.6 Å². The molecule has 128 valence electrons. The summed E-state index contributed by atoms with van der Waals surface area (Å²) < 4.78 is 15.1. The van der Waals surface area contributed by atoms with Crippen molar-refractivity contribution in [1.29, 1.82) is 0 Å². The molecule has 0 aliphatic heterocycles. The highest BCUT2D eigenvalue weighted by molar-refractivity contribution is 5.30. The second-order valence-corrected chi connectivity index (χ2v) is 6.07. The molecule has 4 nitrogen and oxygen atoms in total. The normalized spacial score (nSPS) is 10.8. The Bertz CT molecular complexity index is 884. The van der Waals surface area contributed by atoms with Crippen LogP contribution in [0.15, 0.2) is 67.1 Å². The van der Waals surface area contributed by atoms with Crippen LogP contribution in [0.1, 0.15) is 22.5 Å².